The minimum absolute atomic E-state index is 0.00457. The summed E-state index contributed by atoms with van der Waals surface area (Å²) < 4.78 is 0. The summed E-state index contributed by atoms with van der Waals surface area (Å²) in [7, 11) is 1.63. The predicted octanol–water partition coefficient (Wildman–Crippen LogP) is 2.70. The largest absolute Gasteiger partial charge is 0.397 e. The summed E-state index contributed by atoms with van der Waals surface area (Å²) in [5.41, 5.74) is 5.60. The Hall–Kier alpha value is -1.82. The number of rotatable bonds is 4. The van der Waals surface area contributed by atoms with Gasteiger partial charge in [0.1, 0.15) is 0 Å². The Bertz CT molecular complexity index is 519. The van der Waals surface area contributed by atoms with E-state index in [9.17, 15) is 14.9 Å². The molecule has 19 heavy (non-hydrogen) atoms. The van der Waals surface area contributed by atoms with Crippen LogP contribution in [-0.4, -0.2) is 28.8 Å². The van der Waals surface area contributed by atoms with Crippen LogP contribution < -0.4 is 5.73 Å². The molecule has 7 heteroatoms. The lowest BCUT2D eigenvalue weighted by molar-refractivity contribution is -0.384. The first-order valence-corrected chi connectivity index (χ1v) is 6.17. The number of carbonyl (C=O) groups excluding carboxylic acids is 1. The van der Waals surface area contributed by atoms with Crippen LogP contribution in [0.2, 0.25) is 5.02 Å². The molecule has 0 radical (unpaired) electrons. The summed E-state index contributed by atoms with van der Waals surface area (Å²) in [4.78, 5) is 23.9. The average Bonchev–Trinajstić information content (AvgIpc) is 2.38. The van der Waals surface area contributed by atoms with Crippen molar-refractivity contribution in [3.05, 3.63) is 32.8 Å². The molecule has 2 N–H and O–H groups in total. The normalized spacial score (nSPS) is 12.0. The highest BCUT2D eigenvalue weighted by atomic mass is 35.5. The molecule has 6 nitrogen and oxygen atoms in total. The minimum Gasteiger partial charge on any atom is -0.397 e. The highest BCUT2D eigenvalue weighted by Crippen LogP contribution is 2.29. The number of amides is 1. The molecule has 0 aliphatic heterocycles. The quantitative estimate of drug-likeness (QED) is 0.523. The Morgan fingerprint density at radius 2 is 2.16 bits per heavy atom. The zero-order chi connectivity index (χ0) is 14.7. The first-order chi connectivity index (χ1) is 8.79. The Balaban J connectivity index is 3.26. The van der Waals surface area contributed by atoms with Crippen LogP contribution >= 0.6 is 11.6 Å². The van der Waals surface area contributed by atoms with Gasteiger partial charge in [0.05, 0.1) is 21.2 Å². The van der Waals surface area contributed by atoms with Crippen LogP contribution in [-0.2, 0) is 0 Å². The van der Waals surface area contributed by atoms with Gasteiger partial charge >= 0.3 is 0 Å². The van der Waals surface area contributed by atoms with Gasteiger partial charge in [0, 0.05) is 25.2 Å². The molecule has 0 bridgehead atoms. The van der Waals surface area contributed by atoms with Gasteiger partial charge in [0.25, 0.3) is 11.6 Å². The topological polar surface area (TPSA) is 89.5 Å². The van der Waals surface area contributed by atoms with Gasteiger partial charge in [-0.2, -0.15) is 0 Å². The van der Waals surface area contributed by atoms with Crippen molar-refractivity contribution in [2.24, 2.45) is 0 Å². The van der Waals surface area contributed by atoms with Gasteiger partial charge in [-0.15, -0.1) is 0 Å². The number of non-ortho nitro benzene ring substituents is 1. The van der Waals surface area contributed by atoms with Crippen molar-refractivity contribution < 1.29 is 9.72 Å². The summed E-state index contributed by atoms with van der Waals surface area (Å²) in [6.07, 6.45) is 0.769. The number of nitrogens with two attached hydrogens (primary N) is 1. The van der Waals surface area contributed by atoms with Crippen LogP contribution in [0.4, 0.5) is 11.4 Å². The Morgan fingerprint density at radius 1 is 1.58 bits per heavy atom. The highest BCUT2D eigenvalue weighted by molar-refractivity contribution is 6.34. The lowest BCUT2D eigenvalue weighted by atomic mass is 10.1. The molecular formula is C12H16ClN3O3. The zero-order valence-electron chi connectivity index (χ0n) is 11.0. The van der Waals surface area contributed by atoms with E-state index in [4.69, 9.17) is 17.3 Å². The number of nitro groups is 1. The molecule has 0 aromatic heterocycles. The Kier molecular flexibility index (Phi) is 4.72. The van der Waals surface area contributed by atoms with Crippen molar-refractivity contribution in [3.63, 3.8) is 0 Å². The molecule has 1 aromatic carbocycles. The maximum atomic E-state index is 12.3. The molecule has 0 heterocycles. The molecule has 0 aliphatic carbocycles. The van der Waals surface area contributed by atoms with Gasteiger partial charge in [-0.05, 0) is 13.3 Å². The molecule has 0 saturated heterocycles. The molecule has 0 spiro atoms. The van der Waals surface area contributed by atoms with Gasteiger partial charge in [-0.3, -0.25) is 14.9 Å². The Morgan fingerprint density at radius 3 is 2.63 bits per heavy atom. The molecule has 1 unspecified atom stereocenters. The SMILES string of the molecule is CCC(C)N(C)C(=O)c1cc([N+](=O)[O-])cc(Cl)c1N. The van der Waals surface area contributed by atoms with Gasteiger partial charge in [-0.25, -0.2) is 0 Å². The van der Waals surface area contributed by atoms with Gasteiger partial charge in [0.15, 0.2) is 0 Å². The molecule has 1 atom stereocenters. The molecule has 0 saturated carbocycles. The second kappa shape index (κ2) is 5.88. The number of hydrogen-bond donors (Lipinski definition) is 1. The fourth-order valence-electron chi connectivity index (χ4n) is 1.55. The lowest BCUT2D eigenvalue weighted by Crippen LogP contribution is -2.35. The zero-order valence-corrected chi connectivity index (χ0v) is 11.8. The fourth-order valence-corrected chi connectivity index (χ4v) is 1.76. The second-order valence-electron chi connectivity index (χ2n) is 4.32. The van der Waals surface area contributed by atoms with Crippen molar-refractivity contribution >= 4 is 28.9 Å². The third-order valence-corrected chi connectivity index (χ3v) is 3.44. The smallest absolute Gasteiger partial charge is 0.271 e. The molecule has 1 aromatic rings. The average molecular weight is 286 g/mol. The minimum atomic E-state index is -0.606. The first-order valence-electron chi connectivity index (χ1n) is 5.80. The molecule has 104 valence electrons. The van der Waals surface area contributed by atoms with Gasteiger partial charge in [-0.1, -0.05) is 18.5 Å². The number of nitro benzene ring substituents is 1. The highest BCUT2D eigenvalue weighted by Gasteiger charge is 2.23. The fraction of sp³-hybridized carbons (Fsp3) is 0.417. The van der Waals surface area contributed by atoms with Crippen molar-refractivity contribution in [1.82, 2.24) is 4.90 Å². The second-order valence-corrected chi connectivity index (χ2v) is 4.73. The van der Waals surface area contributed by atoms with Crippen molar-refractivity contribution in [3.8, 4) is 0 Å². The number of nitrogen functional groups attached to an aromatic ring is 1. The summed E-state index contributed by atoms with van der Waals surface area (Å²) in [6, 6.07) is 2.30. The van der Waals surface area contributed by atoms with E-state index in [0.717, 1.165) is 18.6 Å². The van der Waals surface area contributed by atoms with E-state index in [2.05, 4.69) is 0 Å². The number of benzene rings is 1. The standard InChI is InChI=1S/C12H16ClN3O3/c1-4-7(2)15(3)12(17)9-5-8(16(18)19)6-10(13)11(9)14/h5-7H,4,14H2,1-3H3. The summed E-state index contributed by atoms with van der Waals surface area (Å²) in [5.74, 6) is -0.377. The maximum absolute atomic E-state index is 12.3. The van der Waals surface area contributed by atoms with Crippen LogP contribution in [0.25, 0.3) is 0 Å². The maximum Gasteiger partial charge on any atom is 0.271 e. The van der Waals surface area contributed by atoms with Crippen molar-refractivity contribution in [2.45, 2.75) is 26.3 Å². The summed E-state index contributed by atoms with van der Waals surface area (Å²) in [6.45, 7) is 3.82. The molecule has 0 aliphatic rings. The molecular weight excluding hydrogens is 270 g/mol. The molecule has 1 rings (SSSR count). The van der Waals surface area contributed by atoms with Crippen molar-refractivity contribution in [2.75, 3.05) is 12.8 Å². The van der Waals surface area contributed by atoms with Crippen LogP contribution in [0.3, 0.4) is 0 Å². The third-order valence-electron chi connectivity index (χ3n) is 3.13. The van der Waals surface area contributed by atoms with E-state index in [1.165, 1.54) is 4.90 Å². The van der Waals surface area contributed by atoms with Gasteiger partial charge in [0.2, 0.25) is 0 Å². The number of anilines is 1. The Labute approximate surface area is 116 Å². The van der Waals surface area contributed by atoms with Crippen LogP contribution in [0.1, 0.15) is 30.6 Å². The van der Waals surface area contributed by atoms with E-state index in [1.54, 1.807) is 7.05 Å². The third kappa shape index (κ3) is 3.14. The van der Waals surface area contributed by atoms with E-state index >= 15 is 0 Å². The van der Waals surface area contributed by atoms with Gasteiger partial charge < -0.3 is 10.6 Å². The molecule has 1 amide bonds. The summed E-state index contributed by atoms with van der Waals surface area (Å²) in [5, 5.41) is 10.8. The number of carbonyl (C=O) groups is 1. The number of hydrogen-bond acceptors (Lipinski definition) is 4. The van der Waals surface area contributed by atoms with E-state index in [0.29, 0.717) is 0 Å². The predicted molar refractivity (Wildman–Crippen MR) is 74.4 cm³/mol. The van der Waals surface area contributed by atoms with E-state index in [1.807, 2.05) is 13.8 Å². The first kappa shape index (κ1) is 15.2. The van der Waals surface area contributed by atoms with Crippen LogP contribution in [0.5, 0.6) is 0 Å². The summed E-state index contributed by atoms with van der Waals surface area (Å²) >= 11 is 5.83. The van der Waals surface area contributed by atoms with E-state index < -0.39 is 4.92 Å². The van der Waals surface area contributed by atoms with Crippen LogP contribution in [0.15, 0.2) is 12.1 Å². The number of halogens is 1. The van der Waals surface area contributed by atoms with E-state index in [-0.39, 0.29) is 33.9 Å². The number of nitrogens with zero attached hydrogens (tertiary/aromatic N) is 2. The van der Waals surface area contributed by atoms with Crippen molar-refractivity contribution in [1.29, 1.82) is 0 Å². The van der Waals surface area contributed by atoms with Crippen LogP contribution in [0, 0.1) is 10.1 Å². The monoisotopic (exact) mass is 285 g/mol. The lowest BCUT2D eigenvalue weighted by Gasteiger charge is -2.24. The molecule has 0 fully saturated rings.